The number of ether oxygens (including phenoxy) is 2. The van der Waals surface area contributed by atoms with Gasteiger partial charge in [-0.25, -0.2) is 9.78 Å². The maximum absolute atomic E-state index is 13.7. The van der Waals surface area contributed by atoms with Gasteiger partial charge < -0.3 is 19.0 Å². The minimum absolute atomic E-state index is 0.0786. The molecule has 1 amide bonds. The monoisotopic (exact) mass is 505 g/mol. The Balaban J connectivity index is 1.64. The normalized spacial score (nSPS) is 15.6. The molecule has 3 aromatic heterocycles. The number of hydrogen-bond donors (Lipinski definition) is 1. The number of benzene rings is 1. The quantitative estimate of drug-likeness (QED) is 0.303. The van der Waals surface area contributed by atoms with Crippen molar-refractivity contribution in [3.05, 3.63) is 82.0 Å². The number of ketones is 1. The number of aromatic nitrogens is 2. The van der Waals surface area contributed by atoms with Crippen LogP contribution in [0.25, 0.3) is 11.0 Å². The average Bonchev–Trinajstić information content (AvgIpc) is 3.57. The summed E-state index contributed by atoms with van der Waals surface area (Å²) in [6.45, 7) is 1.60. The number of carbonyl (C=O) groups is 3. The van der Waals surface area contributed by atoms with Gasteiger partial charge in [0.25, 0.3) is 5.91 Å². The van der Waals surface area contributed by atoms with Crippen LogP contribution in [0.1, 0.15) is 37.5 Å². The molecule has 10 nitrogen and oxygen atoms in total. The largest absolute Gasteiger partial charge is 0.503 e. The molecule has 0 bridgehead atoms. The molecule has 4 aromatic rings. The summed E-state index contributed by atoms with van der Waals surface area (Å²) in [6, 6.07) is 8.98. The van der Waals surface area contributed by atoms with Gasteiger partial charge in [-0.3, -0.25) is 19.5 Å². The van der Waals surface area contributed by atoms with E-state index in [9.17, 15) is 19.5 Å². The minimum atomic E-state index is -1.06. The first-order valence-corrected chi connectivity index (χ1v) is 11.5. The highest BCUT2D eigenvalue weighted by molar-refractivity contribution is 7.17. The molecule has 1 aliphatic rings. The lowest BCUT2D eigenvalue weighted by atomic mass is 9.96. The molecule has 36 heavy (non-hydrogen) atoms. The van der Waals surface area contributed by atoms with E-state index in [0.29, 0.717) is 28.0 Å². The van der Waals surface area contributed by atoms with Gasteiger partial charge in [0.1, 0.15) is 4.88 Å². The summed E-state index contributed by atoms with van der Waals surface area (Å²) >= 11 is 0.922. The number of anilines is 1. The highest BCUT2D eigenvalue weighted by atomic mass is 32.1. The topological polar surface area (TPSA) is 132 Å². The Morgan fingerprint density at radius 3 is 2.69 bits per heavy atom. The first kappa shape index (κ1) is 23.2. The Bertz CT molecular complexity index is 1550. The molecular weight excluding hydrogens is 486 g/mol. The fourth-order valence-electron chi connectivity index (χ4n) is 4.10. The summed E-state index contributed by atoms with van der Waals surface area (Å²) < 4.78 is 15.9. The number of carbonyl (C=O) groups excluding carboxylic acids is 3. The van der Waals surface area contributed by atoms with Crippen LogP contribution < -0.4 is 9.64 Å². The number of aryl methyl sites for hydroxylation is 1. The molecule has 1 aliphatic heterocycles. The molecule has 4 heterocycles. The lowest BCUT2D eigenvalue weighted by Gasteiger charge is -2.23. The number of aliphatic hydroxyl groups excluding tert-OH is 1. The van der Waals surface area contributed by atoms with E-state index in [-0.39, 0.29) is 21.3 Å². The van der Waals surface area contributed by atoms with E-state index in [1.807, 2.05) is 0 Å². The van der Waals surface area contributed by atoms with Gasteiger partial charge in [0.15, 0.2) is 28.0 Å². The van der Waals surface area contributed by atoms with Gasteiger partial charge in [-0.15, -0.1) is 0 Å². The van der Waals surface area contributed by atoms with E-state index < -0.39 is 29.5 Å². The predicted octanol–water partition coefficient (Wildman–Crippen LogP) is 4.17. The number of thiazole rings is 1. The van der Waals surface area contributed by atoms with Crippen LogP contribution in [0.3, 0.4) is 0 Å². The zero-order chi connectivity index (χ0) is 25.6. The summed E-state index contributed by atoms with van der Waals surface area (Å²) in [5.74, 6) is -2.52. The number of furan rings is 1. The second-order valence-corrected chi connectivity index (χ2v) is 8.82. The second-order valence-electron chi connectivity index (χ2n) is 7.85. The van der Waals surface area contributed by atoms with Gasteiger partial charge in [-0.05, 0) is 30.7 Å². The SMILES string of the molecule is COC(=O)c1sc(N2C(=O)C(O)=C(C(=O)c3cc4cccc(OC)c4o3)C2c2cccnc2)nc1C. The van der Waals surface area contributed by atoms with Crippen molar-refractivity contribution in [2.75, 3.05) is 19.1 Å². The van der Waals surface area contributed by atoms with Crippen molar-refractivity contribution in [2.24, 2.45) is 0 Å². The molecule has 1 unspecified atom stereocenters. The predicted molar refractivity (Wildman–Crippen MR) is 129 cm³/mol. The number of hydrogen-bond acceptors (Lipinski definition) is 10. The molecule has 0 aliphatic carbocycles. The highest BCUT2D eigenvalue weighted by Crippen LogP contribution is 2.44. The van der Waals surface area contributed by atoms with Crippen molar-refractivity contribution in [3.63, 3.8) is 0 Å². The van der Waals surface area contributed by atoms with Crippen LogP contribution in [0, 0.1) is 6.92 Å². The van der Waals surface area contributed by atoms with Gasteiger partial charge in [0, 0.05) is 17.8 Å². The van der Waals surface area contributed by atoms with Gasteiger partial charge in [-0.2, -0.15) is 0 Å². The standard InChI is InChI=1S/C25H19N3O7S/c1-12-22(24(32)34-3)36-25(27-12)28-18(14-7-5-9-26-11-14)17(20(30)23(28)31)19(29)16-10-13-6-4-8-15(33-2)21(13)35-16/h4-11,18,30H,1-3H3. The maximum Gasteiger partial charge on any atom is 0.350 e. The molecule has 0 radical (unpaired) electrons. The molecule has 0 saturated carbocycles. The fourth-order valence-corrected chi connectivity index (χ4v) is 5.11. The lowest BCUT2D eigenvalue weighted by Crippen LogP contribution is -2.31. The van der Waals surface area contributed by atoms with Crippen LogP contribution in [-0.4, -0.2) is 47.0 Å². The minimum Gasteiger partial charge on any atom is -0.503 e. The third kappa shape index (κ3) is 3.60. The number of methoxy groups -OCH3 is 2. The smallest absolute Gasteiger partial charge is 0.350 e. The number of amides is 1. The molecule has 1 aromatic carbocycles. The van der Waals surface area contributed by atoms with Crippen LogP contribution in [-0.2, 0) is 9.53 Å². The Morgan fingerprint density at radius 2 is 2.00 bits per heavy atom. The zero-order valence-electron chi connectivity index (χ0n) is 19.3. The molecule has 0 fully saturated rings. The Hall–Kier alpha value is -4.51. The first-order valence-electron chi connectivity index (χ1n) is 10.7. The molecule has 5 rings (SSSR count). The van der Waals surface area contributed by atoms with Gasteiger partial charge in [0.05, 0.1) is 31.5 Å². The average molecular weight is 506 g/mol. The van der Waals surface area contributed by atoms with E-state index >= 15 is 0 Å². The number of rotatable bonds is 6. The Morgan fingerprint density at radius 1 is 1.19 bits per heavy atom. The van der Waals surface area contributed by atoms with Gasteiger partial charge >= 0.3 is 5.97 Å². The van der Waals surface area contributed by atoms with E-state index in [1.54, 1.807) is 43.5 Å². The molecule has 0 spiro atoms. The molecule has 0 saturated heterocycles. The zero-order valence-corrected chi connectivity index (χ0v) is 20.2. The number of fused-ring (bicyclic) bond motifs is 1. The van der Waals surface area contributed by atoms with Crippen LogP contribution >= 0.6 is 11.3 Å². The molecule has 1 atom stereocenters. The molecule has 11 heteroatoms. The Labute approximate surface area is 208 Å². The number of nitrogens with zero attached hydrogens (tertiary/aromatic N) is 3. The van der Waals surface area contributed by atoms with Crippen LogP contribution in [0.4, 0.5) is 5.13 Å². The van der Waals surface area contributed by atoms with E-state index in [0.717, 1.165) is 11.3 Å². The summed E-state index contributed by atoms with van der Waals surface area (Å²) in [6.07, 6.45) is 3.03. The van der Waals surface area contributed by atoms with Crippen LogP contribution in [0.5, 0.6) is 5.75 Å². The third-order valence-corrected chi connectivity index (χ3v) is 6.90. The van der Waals surface area contributed by atoms with Crippen molar-refractivity contribution in [1.29, 1.82) is 0 Å². The summed E-state index contributed by atoms with van der Waals surface area (Å²) in [7, 11) is 2.73. The van der Waals surface area contributed by atoms with Crippen molar-refractivity contribution < 1.29 is 33.4 Å². The van der Waals surface area contributed by atoms with Gasteiger partial charge in [-0.1, -0.05) is 29.5 Å². The number of Topliss-reactive ketones (excluding diaryl/α,β-unsaturated/α-hetero) is 1. The van der Waals surface area contributed by atoms with Crippen LogP contribution in [0.15, 0.2) is 64.5 Å². The van der Waals surface area contributed by atoms with Crippen molar-refractivity contribution >= 4 is 45.1 Å². The second kappa shape index (κ2) is 8.93. The number of para-hydroxylation sites is 1. The lowest BCUT2D eigenvalue weighted by molar-refractivity contribution is -0.117. The maximum atomic E-state index is 13.7. The third-order valence-electron chi connectivity index (χ3n) is 5.77. The first-order chi connectivity index (χ1) is 17.3. The molecule has 1 N–H and O–H groups in total. The van der Waals surface area contributed by atoms with Gasteiger partial charge in [0.2, 0.25) is 5.78 Å². The Kier molecular flexibility index (Phi) is 5.77. The van der Waals surface area contributed by atoms with E-state index in [2.05, 4.69) is 9.97 Å². The number of esters is 1. The number of aliphatic hydroxyl groups is 1. The molecule has 182 valence electrons. The van der Waals surface area contributed by atoms with Crippen LogP contribution in [0.2, 0.25) is 0 Å². The van der Waals surface area contributed by atoms with E-state index in [4.69, 9.17) is 13.9 Å². The van der Waals surface area contributed by atoms with E-state index in [1.165, 1.54) is 31.4 Å². The molecular formula is C25H19N3O7S. The highest BCUT2D eigenvalue weighted by Gasteiger charge is 2.47. The summed E-state index contributed by atoms with van der Waals surface area (Å²) in [4.78, 5) is 49.0. The fraction of sp³-hybridized carbons (Fsp3) is 0.160. The summed E-state index contributed by atoms with van der Waals surface area (Å²) in [5.41, 5.74) is 0.974. The van der Waals surface area contributed by atoms with Crippen molar-refractivity contribution in [3.8, 4) is 5.75 Å². The van der Waals surface area contributed by atoms with Crippen molar-refractivity contribution in [1.82, 2.24) is 9.97 Å². The number of pyridine rings is 1. The summed E-state index contributed by atoms with van der Waals surface area (Å²) in [5, 5.41) is 11.7. The van der Waals surface area contributed by atoms with Crippen molar-refractivity contribution in [2.45, 2.75) is 13.0 Å².